The number of nitrogens with zero attached hydrogens (tertiary/aromatic N) is 2. The molecule has 0 saturated carbocycles. The lowest BCUT2D eigenvalue weighted by Crippen LogP contribution is -2.06. The Morgan fingerprint density at radius 3 is 2.67 bits per heavy atom. The minimum atomic E-state index is 0.0133. The van der Waals surface area contributed by atoms with Crippen molar-refractivity contribution in [2.45, 2.75) is 29.8 Å². The Labute approximate surface area is 120 Å². The third kappa shape index (κ3) is 2.96. The van der Waals surface area contributed by atoms with Crippen molar-refractivity contribution in [3.05, 3.63) is 40.0 Å². The van der Waals surface area contributed by atoms with E-state index in [2.05, 4.69) is 39.2 Å². The van der Waals surface area contributed by atoms with Gasteiger partial charge in [-0.25, -0.2) is 0 Å². The summed E-state index contributed by atoms with van der Waals surface area (Å²) in [6.45, 7) is 4.00. The fourth-order valence-corrected chi connectivity index (χ4v) is 3.27. The van der Waals surface area contributed by atoms with Gasteiger partial charge in [-0.2, -0.15) is 5.10 Å². The Morgan fingerprint density at radius 1 is 1.39 bits per heavy atom. The zero-order valence-electron chi connectivity index (χ0n) is 10.6. The van der Waals surface area contributed by atoms with Crippen LogP contribution in [0.3, 0.4) is 0 Å². The van der Waals surface area contributed by atoms with Crippen molar-refractivity contribution in [1.82, 2.24) is 9.78 Å². The van der Waals surface area contributed by atoms with Crippen molar-refractivity contribution in [2.75, 3.05) is 0 Å². The van der Waals surface area contributed by atoms with Gasteiger partial charge in [0.2, 0.25) is 0 Å². The third-order valence-corrected chi connectivity index (χ3v) is 4.31. The molecule has 0 radical (unpaired) electrons. The van der Waals surface area contributed by atoms with E-state index < -0.39 is 0 Å². The van der Waals surface area contributed by atoms with Crippen LogP contribution in [0.4, 0.5) is 0 Å². The van der Waals surface area contributed by atoms with Gasteiger partial charge in [-0.1, -0.05) is 27.7 Å². The second-order valence-corrected chi connectivity index (χ2v) is 6.30. The van der Waals surface area contributed by atoms with Gasteiger partial charge in [-0.05, 0) is 43.7 Å². The van der Waals surface area contributed by atoms with Crippen LogP contribution in [-0.2, 0) is 7.05 Å². The molecule has 96 valence electrons. The number of aromatic nitrogens is 2. The minimum absolute atomic E-state index is 0.0133. The number of nitrogens with two attached hydrogens (primary N) is 1. The van der Waals surface area contributed by atoms with E-state index in [0.717, 1.165) is 20.8 Å². The van der Waals surface area contributed by atoms with E-state index in [1.165, 1.54) is 4.90 Å². The van der Waals surface area contributed by atoms with E-state index in [4.69, 9.17) is 5.73 Å². The first-order valence-electron chi connectivity index (χ1n) is 5.71. The molecule has 1 unspecified atom stereocenters. The van der Waals surface area contributed by atoms with Crippen LogP contribution in [0.1, 0.15) is 24.2 Å². The van der Waals surface area contributed by atoms with Crippen molar-refractivity contribution in [1.29, 1.82) is 0 Å². The quantitative estimate of drug-likeness (QED) is 0.936. The highest BCUT2D eigenvalue weighted by Gasteiger charge is 2.11. The second-order valence-electron chi connectivity index (χ2n) is 4.32. The van der Waals surface area contributed by atoms with Crippen molar-refractivity contribution in [2.24, 2.45) is 12.8 Å². The molecule has 1 heterocycles. The lowest BCUT2D eigenvalue weighted by molar-refractivity contribution is 0.692. The van der Waals surface area contributed by atoms with Crippen LogP contribution < -0.4 is 5.73 Å². The number of aryl methyl sites for hydroxylation is 2. The fourth-order valence-electron chi connectivity index (χ4n) is 1.76. The van der Waals surface area contributed by atoms with E-state index >= 15 is 0 Å². The first-order valence-corrected chi connectivity index (χ1v) is 7.32. The van der Waals surface area contributed by atoms with Crippen LogP contribution >= 0.6 is 27.7 Å². The Balaban J connectivity index is 2.37. The molecule has 2 N–H and O–H groups in total. The van der Waals surface area contributed by atoms with Crippen LogP contribution in [0.25, 0.3) is 0 Å². The van der Waals surface area contributed by atoms with E-state index in [1.54, 1.807) is 11.8 Å². The molecule has 5 heteroatoms. The minimum Gasteiger partial charge on any atom is -0.324 e. The molecule has 1 aromatic heterocycles. The number of rotatable bonds is 3. The molecule has 3 nitrogen and oxygen atoms in total. The number of hydrogen-bond donors (Lipinski definition) is 1. The lowest BCUT2D eigenvalue weighted by Gasteiger charge is -2.12. The van der Waals surface area contributed by atoms with E-state index in [0.29, 0.717) is 0 Å². The van der Waals surface area contributed by atoms with Gasteiger partial charge >= 0.3 is 0 Å². The average molecular weight is 326 g/mol. The molecule has 1 aromatic carbocycles. The summed E-state index contributed by atoms with van der Waals surface area (Å²) in [5.41, 5.74) is 8.20. The number of benzene rings is 1. The lowest BCUT2D eigenvalue weighted by atomic mass is 10.1. The summed E-state index contributed by atoms with van der Waals surface area (Å²) >= 11 is 5.18. The second kappa shape index (κ2) is 5.47. The first-order chi connectivity index (χ1) is 8.47. The Bertz CT molecular complexity index is 563. The molecular weight excluding hydrogens is 310 g/mol. The van der Waals surface area contributed by atoms with Gasteiger partial charge in [0.25, 0.3) is 0 Å². The molecule has 0 amide bonds. The fraction of sp³-hybridized carbons (Fsp3) is 0.308. The van der Waals surface area contributed by atoms with Gasteiger partial charge in [0.05, 0.1) is 10.7 Å². The average Bonchev–Trinajstić information content (AvgIpc) is 2.60. The van der Waals surface area contributed by atoms with Crippen LogP contribution in [-0.4, -0.2) is 9.78 Å². The zero-order chi connectivity index (χ0) is 13.3. The van der Waals surface area contributed by atoms with Crippen molar-refractivity contribution < 1.29 is 0 Å². The molecule has 2 aromatic rings. The van der Waals surface area contributed by atoms with Gasteiger partial charge in [0, 0.05) is 22.5 Å². The summed E-state index contributed by atoms with van der Waals surface area (Å²) in [6, 6.07) is 8.31. The predicted octanol–water partition coefficient (Wildman–Crippen LogP) is 3.66. The summed E-state index contributed by atoms with van der Waals surface area (Å²) < 4.78 is 2.95. The van der Waals surface area contributed by atoms with Gasteiger partial charge in [0.1, 0.15) is 0 Å². The highest BCUT2D eigenvalue weighted by atomic mass is 79.9. The largest absolute Gasteiger partial charge is 0.324 e. The SMILES string of the molecule is Cc1cc(Sc2ccc(Br)cc2C(C)N)n(C)n1. The van der Waals surface area contributed by atoms with Gasteiger partial charge in [-0.3, -0.25) is 4.68 Å². The molecule has 0 aliphatic heterocycles. The highest BCUT2D eigenvalue weighted by Crippen LogP contribution is 2.34. The molecule has 2 rings (SSSR count). The topological polar surface area (TPSA) is 43.8 Å². The molecule has 0 fully saturated rings. The van der Waals surface area contributed by atoms with Crippen molar-refractivity contribution in [3.63, 3.8) is 0 Å². The molecule has 18 heavy (non-hydrogen) atoms. The molecule has 0 saturated heterocycles. The Morgan fingerprint density at radius 2 is 2.11 bits per heavy atom. The van der Waals surface area contributed by atoms with E-state index in [1.807, 2.05) is 31.6 Å². The van der Waals surface area contributed by atoms with Crippen LogP contribution in [0.15, 0.2) is 38.7 Å². The van der Waals surface area contributed by atoms with Gasteiger partial charge < -0.3 is 5.73 Å². The monoisotopic (exact) mass is 325 g/mol. The first kappa shape index (κ1) is 13.6. The van der Waals surface area contributed by atoms with E-state index in [9.17, 15) is 0 Å². The van der Waals surface area contributed by atoms with Crippen LogP contribution in [0.2, 0.25) is 0 Å². The third-order valence-electron chi connectivity index (χ3n) is 2.64. The van der Waals surface area contributed by atoms with Gasteiger partial charge in [0.15, 0.2) is 0 Å². The number of halogens is 1. The predicted molar refractivity (Wildman–Crippen MR) is 78.8 cm³/mol. The summed E-state index contributed by atoms with van der Waals surface area (Å²) in [5, 5.41) is 5.48. The maximum atomic E-state index is 6.02. The molecule has 0 spiro atoms. The molecular formula is C13H16BrN3S. The molecule has 1 atom stereocenters. The maximum absolute atomic E-state index is 6.02. The van der Waals surface area contributed by atoms with Gasteiger partial charge in [-0.15, -0.1) is 0 Å². The van der Waals surface area contributed by atoms with Crippen molar-refractivity contribution >= 4 is 27.7 Å². The Kier molecular flexibility index (Phi) is 4.14. The zero-order valence-corrected chi connectivity index (χ0v) is 13.0. The van der Waals surface area contributed by atoms with E-state index in [-0.39, 0.29) is 6.04 Å². The summed E-state index contributed by atoms with van der Waals surface area (Å²) in [7, 11) is 1.96. The standard InChI is InChI=1S/C13H16BrN3S/c1-8-6-13(17(3)16-8)18-12-5-4-10(14)7-11(12)9(2)15/h4-7,9H,15H2,1-3H3. The molecule has 0 aliphatic carbocycles. The molecule has 0 aliphatic rings. The summed E-state index contributed by atoms with van der Waals surface area (Å²) in [6.07, 6.45) is 0. The van der Waals surface area contributed by atoms with Crippen LogP contribution in [0, 0.1) is 6.92 Å². The van der Waals surface area contributed by atoms with Crippen molar-refractivity contribution in [3.8, 4) is 0 Å². The Hall–Kier alpha value is -0.780. The van der Waals surface area contributed by atoms with Crippen LogP contribution in [0.5, 0.6) is 0 Å². The number of hydrogen-bond acceptors (Lipinski definition) is 3. The maximum Gasteiger partial charge on any atom is 0.0987 e. The normalized spacial score (nSPS) is 12.7. The molecule has 0 bridgehead atoms. The summed E-state index contributed by atoms with van der Waals surface area (Å²) in [5.74, 6) is 0. The summed E-state index contributed by atoms with van der Waals surface area (Å²) in [4.78, 5) is 1.18. The smallest absolute Gasteiger partial charge is 0.0987 e. The highest BCUT2D eigenvalue weighted by molar-refractivity contribution is 9.10.